The summed E-state index contributed by atoms with van der Waals surface area (Å²) in [5.41, 5.74) is -0.0757. The number of rotatable bonds is 2. The average Bonchev–Trinajstić information content (AvgIpc) is 2.81. The second kappa shape index (κ2) is 6.24. The van der Waals surface area contributed by atoms with Gasteiger partial charge in [-0.05, 0) is 66.9 Å². The van der Waals surface area contributed by atoms with Crippen molar-refractivity contribution in [3.05, 3.63) is 35.9 Å². The zero-order valence-electron chi connectivity index (χ0n) is 18.9. The molecule has 0 N–H and O–H groups in total. The lowest BCUT2D eigenvalue weighted by Gasteiger charge is -2.64. The second-order valence-corrected chi connectivity index (χ2v) is 11.3. The summed E-state index contributed by atoms with van der Waals surface area (Å²) in [4.78, 5) is 14.9. The molecule has 6 heteroatoms. The number of amides is 1. The molecule has 0 aromatic heterocycles. The Kier molecular flexibility index (Phi) is 4.46. The summed E-state index contributed by atoms with van der Waals surface area (Å²) in [5.74, 6) is 0. The Balaban J connectivity index is 1.65. The predicted octanol–water partition coefficient (Wildman–Crippen LogP) is 4.80. The van der Waals surface area contributed by atoms with Crippen LogP contribution in [0.3, 0.4) is 0 Å². The van der Waals surface area contributed by atoms with Crippen LogP contribution < -0.4 is 0 Å². The summed E-state index contributed by atoms with van der Waals surface area (Å²) in [6.45, 7) is 15.3. The summed E-state index contributed by atoms with van der Waals surface area (Å²) in [7, 11) is -0.324. The normalized spacial score (nSPS) is 32.7. The fourth-order valence-electron chi connectivity index (χ4n) is 5.20. The van der Waals surface area contributed by atoms with Crippen molar-refractivity contribution in [1.29, 1.82) is 0 Å². The van der Waals surface area contributed by atoms with E-state index in [0.29, 0.717) is 13.1 Å². The first kappa shape index (κ1) is 20.7. The van der Waals surface area contributed by atoms with Crippen molar-refractivity contribution in [3.8, 4) is 0 Å². The molecule has 0 unspecified atom stereocenters. The monoisotopic (exact) mass is 399 g/mol. The zero-order chi connectivity index (χ0) is 21.3. The van der Waals surface area contributed by atoms with Crippen molar-refractivity contribution in [2.45, 2.75) is 88.8 Å². The van der Waals surface area contributed by atoms with E-state index in [2.05, 4.69) is 52.0 Å². The molecule has 1 aromatic carbocycles. The largest absolute Gasteiger partial charge is 0.466 e. The smallest absolute Gasteiger partial charge is 0.444 e. The third-order valence-electron chi connectivity index (χ3n) is 7.17. The molecule has 158 valence electrons. The zero-order valence-corrected chi connectivity index (χ0v) is 18.9. The summed E-state index contributed by atoms with van der Waals surface area (Å²) < 4.78 is 18.6. The summed E-state index contributed by atoms with van der Waals surface area (Å²) in [5, 5.41) is -0.212. The Hall–Kier alpha value is -1.53. The van der Waals surface area contributed by atoms with Crippen molar-refractivity contribution in [2.24, 2.45) is 0 Å². The maximum Gasteiger partial charge on any atom is 0.466 e. The lowest BCUT2D eigenvalue weighted by Crippen LogP contribution is -2.67. The molecule has 1 saturated carbocycles. The van der Waals surface area contributed by atoms with E-state index in [4.69, 9.17) is 14.0 Å². The van der Waals surface area contributed by atoms with Gasteiger partial charge < -0.3 is 18.9 Å². The predicted molar refractivity (Wildman–Crippen MR) is 114 cm³/mol. The van der Waals surface area contributed by atoms with Gasteiger partial charge in [0.1, 0.15) is 5.60 Å². The minimum atomic E-state index is -0.518. The van der Waals surface area contributed by atoms with Crippen molar-refractivity contribution in [2.75, 3.05) is 13.1 Å². The molecule has 1 aliphatic carbocycles. The maximum absolute atomic E-state index is 13.0. The Morgan fingerprint density at radius 2 is 1.55 bits per heavy atom. The highest BCUT2D eigenvalue weighted by Crippen LogP contribution is 2.67. The molecule has 5 rings (SSSR count). The first-order valence-electron chi connectivity index (χ1n) is 10.7. The van der Waals surface area contributed by atoms with Crippen LogP contribution >= 0.6 is 0 Å². The number of benzene rings is 1. The Morgan fingerprint density at radius 1 is 1.00 bits per heavy atom. The van der Waals surface area contributed by atoms with Crippen LogP contribution in [-0.2, 0) is 19.5 Å². The molecule has 3 saturated heterocycles. The molecule has 3 heterocycles. The van der Waals surface area contributed by atoms with Crippen molar-refractivity contribution < 1.29 is 18.8 Å². The number of hydrogen-bond acceptors (Lipinski definition) is 4. The number of nitrogens with zero attached hydrogens (tertiary/aromatic N) is 1. The van der Waals surface area contributed by atoms with Gasteiger partial charge in [-0.25, -0.2) is 4.79 Å². The average molecular weight is 399 g/mol. The lowest BCUT2D eigenvalue weighted by atomic mass is 9.35. The van der Waals surface area contributed by atoms with Gasteiger partial charge in [0.05, 0.1) is 11.2 Å². The standard InChI is InChI=1S/C23H34BNO4/c1-19(2,3)27-18(26)25-15-22(17-11-9-8-10-12-17)13-23(14-22,16-25)24-28-20(4,5)21(6,7)29-24/h8-12H,13-16H2,1-7H3. The van der Waals surface area contributed by atoms with Crippen LogP contribution in [0.4, 0.5) is 4.79 Å². The molecular weight excluding hydrogens is 365 g/mol. The minimum Gasteiger partial charge on any atom is -0.444 e. The molecule has 29 heavy (non-hydrogen) atoms. The maximum atomic E-state index is 13.0. The van der Waals surface area contributed by atoms with Crippen LogP contribution in [-0.4, -0.2) is 48.0 Å². The summed E-state index contributed by atoms with van der Waals surface area (Å²) in [6.07, 6.45) is 1.67. The SMILES string of the molecule is CC(C)(C)OC(=O)N1CC2(B3OC(C)(C)C(C)(C)O3)CC(c3ccccc3)(C1)C2. The van der Waals surface area contributed by atoms with E-state index >= 15 is 0 Å². The van der Waals surface area contributed by atoms with Gasteiger partial charge in [-0.1, -0.05) is 30.3 Å². The molecule has 4 aliphatic rings. The van der Waals surface area contributed by atoms with Gasteiger partial charge >= 0.3 is 13.2 Å². The van der Waals surface area contributed by atoms with Crippen molar-refractivity contribution in [3.63, 3.8) is 0 Å². The van der Waals surface area contributed by atoms with E-state index in [-0.39, 0.29) is 35.1 Å². The second-order valence-electron chi connectivity index (χ2n) is 11.3. The van der Waals surface area contributed by atoms with E-state index < -0.39 is 5.60 Å². The molecule has 2 bridgehead atoms. The highest BCUT2D eigenvalue weighted by Gasteiger charge is 2.71. The number of carbonyl (C=O) groups excluding carboxylic acids is 1. The van der Waals surface area contributed by atoms with E-state index in [1.54, 1.807) is 0 Å². The van der Waals surface area contributed by atoms with Crippen LogP contribution in [0, 0.1) is 0 Å². The highest BCUT2D eigenvalue weighted by atomic mass is 16.7. The van der Waals surface area contributed by atoms with E-state index in [9.17, 15) is 4.79 Å². The fourth-order valence-corrected chi connectivity index (χ4v) is 5.20. The molecule has 5 nitrogen and oxygen atoms in total. The molecule has 1 amide bonds. The van der Waals surface area contributed by atoms with Gasteiger partial charge in [0.25, 0.3) is 0 Å². The van der Waals surface area contributed by atoms with Gasteiger partial charge in [0.15, 0.2) is 0 Å². The van der Waals surface area contributed by atoms with Crippen molar-refractivity contribution >= 4 is 13.2 Å². The quantitative estimate of drug-likeness (QED) is 0.671. The number of carbonyl (C=O) groups is 1. The van der Waals surface area contributed by atoms with Crippen LogP contribution in [0.1, 0.15) is 66.9 Å². The van der Waals surface area contributed by atoms with Crippen LogP contribution in [0.25, 0.3) is 0 Å². The number of hydrogen-bond donors (Lipinski definition) is 0. The highest BCUT2D eigenvalue weighted by molar-refractivity contribution is 6.50. The Bertz CT molecular complexity index is 777. The molecular formula is C23H34BNO4. The first-order chi connectivity index (χ1) is 13.3. The minimum absolute atomic E-state index is 0.0694. The van der Waals surface area contributed by atoms with Gasteiger partial charge in [0.2, 0.25) is 0 Å². The van der Waals surface area contributed by atoms with Gasteiger partial charge in [-0.3, -0.25) is 0 Å². The lowest BCUT2D eigenvalue weighted by molar-refractivity contribution is -0.0346. The summed E-state index contributed by atoms with van der Waals surface area (Å²) in [6, 6.07) is 10.5. The van der Waals surface area contributed by atoms with Crippen molar-refractivity contribution in [1.82, 2.24) is 4.90 Å². The third kappa shape index (κ3) is 3.38. The third-order valence-corrected chi connectivity index (χ3v) is 7.17. The molecule has 0 spiro atoms. The van der Waals surface area contributed by atoms with Gasteiger partial charge in [-0.2, -0.15) is 0 Å². The molecule has 0 atom stereocenters. The Morgan fingerprint density at radius 3 is 2.07 bits per heavy atom. The number of ether oxygens (including phenoxy) is 1. The van der Waals surface area contributed by atoms with Gasteiger partial charge in [0, 0.05) is 23.8 Å². The van der Waals surface area contributed by atoms with Crippen LogP contribution in [0.2, 0.25) is 5.31 Å². The number of piperidine rings is 2. The summed E-state index contributed by atoms with van der Waals surface area (Å²) >= 11 is 0. The van der Waals surface area contributed by atoms with E-state index in [1.807, 2.05) is 31.7 Å². The fraction of sp³-hybridized carbons (Fsp3) is 0.696. The molecule has 0 radical (unpaired) electrons. The van der Waals surface area contributed by atoms with E-state index in [0.717, 1.165) is 12.8 Å². The Labute approximate surface area is 175 Å². The van der Waals surface area contributed by atoms with Crippen LogP contribution in [0.5, 0.6) is 0 Å². The first-order valence-corrected chi connectivity index (χ1v) is 10.7. The van der Waals surface area contributed by atoms with Gasteiger partial charge in [-0.15, -0.1) is 0 Å². The molecule has 4 fully saturated rings. The topological polar surface area (TPSA) is 48.0 Å². The molecule has 1 aromatic rings. The molecule has 3 aliphatic heterocycles. The number of fused-ring (bicyclic) bond motifs is 2. The van der Waals surface area contributed by atoms with Crippen LogP contribution in [0.15, 0.2) is 30.3 Å². The van der Waals surface area contributed by atoms with E-state index in [1.165, 1.54) is 5.56 Å².